The number of thiophene rings is 1. The third-order valence-electron chi connectivity index (χ3n) is 3.91. The molecule has 0 fully saturated rings. The van der Waals surface area contributed by atoms with Crippen molar-refractivity contribution in [3.8, 4) is 11.1 Å². The molecule has 0 saturated heterocycles. The fourth-order valence-electron chi connectivity index (χ4n) is 2.63. The van der Waals surface area contributed by atoms with Crippen LogP contribution in [0.1, 0.15) is 28.2 Å². The number of carbonyl (C=O) groups is 2. The Morgan fingerprint density at radius 3 is 2.46 bits per heavy atom. The molecule has 1 atom stereocenters. The van der Waals surface area contributed by atoms with Crippen LogP contribution in [0, 0.1) is 0 Å². The quantitative estimate of drug-likeness (QED) is 0.657. The normalized spacial score (nSPS) is 11.6. The van der Waals surface area contributed by atoms with Crippen LogP contribution in [0.4, 0.5) is 0 Å². The summed E-state index contributed by atoms with van der Waals surface area (Å²) >= 11 is 1.57. The second-order valence-corrected chi connectivity index (χ2v) is 6.77. The molecule has 5 heteroatoms. The number of nitrogens with one attached hydrogen (secondary N) is 1. The van der Waals surface area contributed by atoms with E-state index in [9.17, 15) is 9.59 Å². The molecule has 26 heavy (non-hydrogen) atoms. The van der Waals surface area contributed by atoms with Gasteiger partial charge in [0, 0.05) is 4.88 Å². The maximum atomic E-state index is 12.5. The van der Waals surface area contributed by atoms with Crippen LogP contribution in [0.5, 0.6) is 0 Å². The minimum absolute atomic E-state index is 0.113. The summed E-state index contributed by atoms with van der Waals surface area (Å²) in [4.78, 5) is 25.6. The summed E-state index contributed by atoms with van der Waals surface area (Å²) in [6.45, 7) is 1.59. The maximum Gasteiger partial charge on any atom is 0.339 e. The van der Waals surface area contributed by atoms with Gasteiger partial charge in [0.2, 0.25) is 0 Å². The Morgan fingerprint density at radius 2 is 1.73 bits per heavy atom. The number of hydrogen-bond donors (Lipinski definition) is 1. The van der Waals surface area contributed by atoms with Gasteiger partial charge in [0.15, 0.2) is 6.61 Å². The van der Waals surface area contributed by atoms with E-state index in [2.05, 4.69) is 5.32 Å². The maximum absolute atomic E-state index is 12.5. The standard InChI is InChI=1S/C21H19NO3S/c1-15(19-12-7-13-26-19)22-20(23)14-25-21(24)18-11-6-5-10-17(18)16-8-3-2-4-9-16/h2-13,15H,14H2,1H3,(H,22,23)/t15-/m1/s1. The van der Waals surface area contributed by atoms with E-state index in [0.717, 1.165) is 16.0 Å². The van der Waals surface area contributed by atoms with Crippen LogP contribution in [0.3, 0.4) is 0 Å². The fraction of sp³-hybridized carbons (Fsp3) is 0.143. The molecule has 1 heterocycles. The Balaban J connectivity index is 1.63. The lowest BCUT2D eigenvalue weighted by Gasteiger charge is -2.13. The minimum Gasteiger partial charge on any atom is -0.452 e. The molecule has 3 rings (SSSR count). The van der Waals surface area contributed by atoms with Crippen molar-refractivity contribution in [3.05, 3.63) is 82.6 Å². The van der Waals surface area contributed by atoms with Crippen molar-refractivity contribution >= 4 is 23.2 Å². The van der Waals surface area contributed by atoms with Crippen LogP contribution in [0.15, 0.2) is 72.1 Å². The zero-order valence-electron chi connectivity index (χ0n) is 14.3. The lowest BCUT2D eigenvalue weighted by atomic mass is 10.00. The van der Waals surface area contributed by atoms with Gasteiger partial charge in [0.1, 0.15) is 0 Å². The van der Waals surface area contributed by atoms with E-state index in [4.69, 9.17) is 4.74 Å². The summed E-state index contributed by atoms with van der Waals surface area (Å²) < 4.78 is 5.22. The Morgan fingerprint density at radius 1 is 1.00 bits per heavy atom. The number of amides is 1. The molecular formula is C21H19NO3S. The highest BCUT2D eigenvalue weighted by molar-refractivity contribution is 7.10. The van der Waals surface area contributed by atoms with Gasteiger partial charge in [-0.1, -0.05) is 54.6 Å². The zero-order valence-corrected chi connectivity index (χ0v) is 15.2. The van der Waals surface area contributed by atoms with Gasteiger partial charge in [-0.2, -0.15) is 0 Å². The molecular weight excluding hydrogens is 346 g/mol. The zero-order chi connectivity index (χ0) is 18.4. The van der Waals surface area contributed by atoms with Gasteiger partial charge >= 0.3 is 5.97 Å². The Kier molecular flexibility index (Phi) is 5.81. The molecule has 0 spiro atoms. The number of ether oxygens (including phenoxy) is 1. The van der Waals surface area contributed by atoms with E-state index in [1.807, 2.05) is 66.9 Å². The van der Waals surface area contributed by atoms with Crippen molar-refractivity contribution in [2.75, 3.05) is 6.61 Å². The molecule has 0 unspecified atom stereocenters. The molecule has 4 nitrogen and oxygen atoms in total. The van der Waals surface area contributed by atoms with Crippen molar-refractivity contribution in [2.45, 2.75) is 13.0 Å². The van der Waals surface area contributed by atoms with Crippen LogP contribution >= 0.6 is 11.3 Å². The largest absolute Gasteiger partial charge is 0.452 e. The average Bonchev–Trinajstić information content (AvgIpc) is 3.22. The summed E-state index contributed by atoms with van der Waals surface area (Å²) in [7, 11) is 0. The highest BCUT2D eigenvalue weighted by Crippen LogP contribution is 2.24. The summed E-state index contributed by atoms with van der Waals surface area (Å²) in [6.07, 6.45) is 0. The Hall–Kier alpha value is -2.92. The van der Waals surface area contributed by atoms with Gasteiger partial charge < -0.3 is 10.1 Å². The van der Waals surface area contributed by atoms with Crippen LogP contribution < -0.4 is 5.32 Å². The van der Waals surface area contributed by atoms with Crippen molar-refractivity contribution in [2.24, 2.45) is 0 Å². The van der Waals surface area contributed by atoms with E-state index in [0.29, 0.717) is 5.56 Å². The molecule has 1 aromatic heterocycles. The smallest absolute Gasteiger partial charge is 0.339 e. The van der Waals surface area contributed by atoms with Gasteiger partial charge in [0.05, 0.1) is 11.6 Å². The van der Waals surface area contributed by atoms with E-state index in [-0.39, 0.29) is 18.6 Å². The highest BCUT2D eigenvalue weighted by Gasteiger charge is 2.16. The van der Waals surface area contributed by atoms with Crippen molar-refractivity contribution < 1.29 is 14.3 Å². The Bertz CT molecular complexity index is 875. The minimum atomic E-state index is -0.511. The molecule has 0 aliphatic heterocycles. The molecule has 1 N–H and O–H groups in total. The number of hydrogen-bond acceptors (Lipinski definition) is 4. The van der Waals surface area contributed by atoms with Crippen LogP contribution in [-0.2, 0) is 9.53 Å². The van der Waals surface area contributed by atoms with Gasteiger partial charge in [-0.25, -0.2) is 4.79 Å². The molecule has 0 aliphatic carbocycles. The first-order valence-corrected chi connectivity index (χ1v) is 9.17. The molecule has 0 radical (unpaired) electrons. The van der Waals surface area contributed by atoms with Gasteiger partial charge in [0.25, 0.3) is 5.91 Å². The Labute approximate surface area is 156 Å². The third kappa shape index (κ3) is 4.37. The molecule has 0 bridgehead atoms. The SMILES string of the molecule is C[C@@H](NC(=O)COC(=O)c1ccccc1-c1ccccc1)c1cccs1. The first kappa shape index (κ1) is 17.9. The van der Waals surface area contributed by atoms with Crippen LogP contribution in [-0.4, -0.2) is 18.5 Å². The predicted octanol–water partition coefficient (Wildman–Crippen LogP) is 4.45. The van der Waals surface area contributed by atoms with Gasteiger partial charge in [-0.15, -0.1) is 11.3 Å². The molecule has 0 saturated carbocycles. The van der Waals surface area contributed by atoms with Crippen LogP contribution in [0.2, 0.25) is 0 Å². The molecule has 2 aromatic carbocycles. The third-order valence-corrected chi connectivity index (χ3v) is 4.97. The molecule has 0 aliphatic rings. The van der Waals surface area contributed by atoms with Crippen molar-refractivity contribution in [1.29, 1.82) is 0 Å². The lowest BCUT2D eigenvalue weighted by molar-refractivity contribution is -0.124. The monoisotopic (exact) mass is 365 g/mol. The predicted molar refractivity (Wildman–Crippen MR) is 103 cm³/mol. The number of carbonyl (C=O) groups excluding carboxylic acids is 2. The number of rotatable bonds is 6. The van der Waals surface area contributed by atoms with Crippen LogP contribution in [0.25, 0.3) is 11.1 Å². The molecule has 3 aromatic rings. The van der Waals surface area contributed by atoms with E-state index < -0.39 is 5.97 Å². The summed E-state index contributed by atoms with van der Waals surface area (Å²) in [5.41, 5.74) is 2.15. The average molecular weight is 365 g/mol. The lowest BCUT2D eigenvalue weighted by Crippen LogP contribution is -2.30. The van der Waals surface area contributed by atoms with Crippen molar-refractivity contribution in [1.82, 2.24) is 5.32 Å². The summed E-state index contributed by atoms with van der Waals surface area (Å²) in [5.74, 6) is -0.833. The van der Waals surface area contributed by atoms with Crippen molar-refractivity contribution in [3.63, 3.8) is 0 Å². The topological polar surface area (TPSA) is 55.4 Å². The van der Waals surface area contributed by atoms with Gasteiger partial charge in [-0.05, 0) is 35.6 Å². The second kappa shape index (κ2) is 8.45. The van der Waals surface area contributed by atoms with E-state index in [1.165, 1.54) is 0 Å². The number of esters is 1. The molecule has 132 valence electrons. The second-order valence-electron chi connectivity index (χ2n) is 5.79. The molecule has 1 amide bonds. The first-order valence-electron chi connectivity index (χ1n) is 8.29. The fourth-order valence-corrected chi connectivity index (χ4v) is 3.37. The summed E-state index contributed by atoms with van der Waals surface area (Å²) in [6, 6.07) is 20.6. The van der Waals surface area contributed by atoms with E-state index in [1.54, 1.807) is 23.5 Å². The van der Waals surface area contributed by atoms with Gasteiger partial charge in [-0.3, -0.25) is 4.79 Å². The van der Waals surface area contributed by atoms with E-state index >= 15 is 0 Å². The summed E-state index contributed by atoms with van der Waals surface area (Å²) in [5, 5.41) is 4.79. The number of benzene rings is 2. The first-order chi connectivity index (χ1) is 12.6. The highest BCUT2D eigenvalue weighted by atomic mass is 32.1.